The Kier molecular flexibility index (Phi) is 5.60. The van der Waals surface area contributed by atoms with Gasteiger partial charge in [-0.15, -0.1) is 0 Å². The summed E-state index contributed by atoms with van der Waals surface area (Å²) in [7, 11) is 2.10. The number of likely N-dealkylation sites (N-methyl/N-ethyl adjacent to an activating group) is 1. The monoisotopic (exact) mass is 255 g/mol. The van der Waals surface area contributed by atoms with Gasteiger partial charge in [0.05, 0.1) is 0 Å². The predicted octanol–water partition coefficient (Wildman–Crippen LogP) is 1.35. The third-order valence-electron chi connectivity index (χ3n) is 3.31. The van der Waals surface area contributed by atoms with Crippen molar-refractivity contribution in [2.45, 2.75) is 58.5 Å². The lowest BCUT2D eigenvalue weighted by molar-refractivity contribution is -0.122. The van der Waals surface area contributed by atoms with Crippen molar-refractivity contribution in [2.75, 3.05) is 20.1 Å². The molecular formula is C14H29N3O. The van der Waals surface area contributed by atoms with Gasteiger partial charge in [0.15, 0.2) is 0 Å². The summed E-state index contributed by atoms with van der Waals surface area (Å²) >= 11 is 0. The standard InChI is InChI=1S/C14H29N3O/c1-14(2,3)9-11(15)8-13(18)16-12-6-5-7-17(4)10-12/h11-12H,5-10,15H2,1-4H3,(H,16,18). The lowest BCUT2D eigenvalue weighted by atomic mass is 9.87. The van der Waals surface area contributed by atoms with Gasteiger partial charge in [0, 0.05) is 25.0 Å². The van der Waals surface area contributed by atoms with E-state index in [0.29, 0.717) is 12.5 Å². The number of carbonyl (C=O) groups is 1. The summed E-state index contributed by atoms with van der Waals surface area (Å²) in [4.78, 5) is 14.2. The van der Waals surface area contributed by atoms with E-state index in [-0.39, 0.29) is 17.4 Å². The number of nitrogens with two attached hydrogens (primary N) is 1. The number of rotatable bonds is 4. The van der Waals surface area contributed by atoms with E-state index in [2.05, 4.69) is 38.0 Å². The van der Waals surface area contributed by atoms with Gasteiger partial charge >= 0.3 is 0 Å². The molecule has 106 valence electrons. The number of amides is 1. The number of nitrogens with zero attached hydrogens (tertiary/aromatic N) is 1. The highest BCUT2D eigenvalue weighted by Gasteiger charge is 2.21. The minimum absolute atomic E-state index is 0.0358. The van der Waals surface area contributed by atoms with E-state index < -0.39 is 0 Å². The Morgan fingerprint density at radius 1 is 1.50 bits per heavy atom. The lowest BCUT2D eigenvalue weighted by Crippen LogP contribution is -2.47. The zero-order valence-electron chi connectivity index (χ0n) is 12.3. The number of hydrogen-bond acceptors (Lipinski definition) is 3. The second-order valence-corrected chi connectivity index (χ2v) is 6.90. The molecule has 2 unspecified atom stereocenters. The highest BCUT2D eigenvalue weighted by Crippen LogP contribution is 2.21. The lowest BCUT2D eigenvalue weighted by Gasteiger charge is -2.30. The Balaban J connectivity index is 2.28. The van der Waals surface area contributed by atoms with Crippen LogP contribution >= 0.6 is 0 Å². The minimum Gasteiger partial charge on any atom is -0.352 e. The van der Waals surface area contributed by atoms with Crippen molar-refractivity contribution in [1.29, 1.82) is 0 Å². The van der Waals surface area contributed by atoms with Crippen LogP contribution in [0.15, 0.2) is 0 Å². The van der Waals surface area contributed by atoms with Crippen molar-refractivity contribution in [3.8, 4) is 0 Å². The summed E-state index contributed by atoms with van der Waals surface area (Å²) in [5, 5.41) is 3.11. The zero-order chi connectivity index (χ0) is 13.8. The zero-order valence-corrected chi connectivity index (χ0v) is 12.3. The minimum atomic E-state index is -0.0358. The summed E-state index contributed by atoms with van der Waals surface area (Å²) < 4.78 is 0. The third-order valence-corrected chi connectivity index (χ3v) is 3.31. The Hall–Kier alpha value is -0.610. The van der Waals surface area contributed by atoms with Crippen molar-refractivity contribution < 1.29 is 4.79 Å². The van der Waals surface area contributed by atoms with Gasteiger partial charge in [0.25, 0.3) is 0 Å². The van der Waals surface area contributed by atoms with Gasteiger partial charge < -0.3 is 16.0 Å². The molecule has 3 N–H and O–H groups in total. The van der Waals surface area contributed by atoms with Gasteiger partial charge in [-0.1, -0.05) is 20.8 Å². The van der Waals surface area contributed by atoms with Crippen LogP contribution in [0, 0.1) is 5.41 Å². The molecule has 0 aromatic rings. The summed E-state index contributed by atoms with van der Waals surface area (Å²) in [5.74, 6) is 0.104. The van der Waals surface area contributed by atoms with Gasteiger partial charge in [-0.05, 0) is 38.3 Å². The number of likely N-dealkylation sites (tertiary alicyclic amines) is 1. The largest absolute Gasteiger partial charge is 0.352 e. The molecule has 0 aromatic heterocycles. The number of nitrogens with one attached hydrogen (secondary N) is 1. The first-order valence-corrected chi connectivity index (χ1v) is 7.00. The molecule has 1 fully saturated rings. The first kappa shape index (κ1) is 15.4. The van der Waals surface area contributed by atoms with Crippen LogP contribution in [-0.2, 0) is 4.79 Å². The second-order valence-electron chi connectivity index (χ2n) is 6.90. The van der Waals surface area contributed by atoms with Crippen molar-refractivity contribution in [3.05, 3.63) is 0 Å². The second kappa shape index (κ2) is 6.53. The fourth-order valence-electron chi connectivity index (χ4n) is 2.67. The van der Waals surface area contributed by atoms with E-state index in [0.717, 1.165) is 32.4 Å². The molecule has 1 heterocycles. The summed E-state index contributed by atoms with van der Waals surface area (Å²) in [6.07, 6.45) is 3.57. The average Bonchev–Trinajstić information content (AvgIpc) is 2.13. The van der Waals surface area contributed by atoms with Crippen LogP contribution in [0.25, 0.3) is 0 Å². The van der Waals surface area contributed by atoms with E-state index in [1.165, 1.54) is 0 Å². The Bertz CT molecular complexity index is 273. The average molecular weight is 255 g/mol. The van der Waals surface area contributed by atoms with Crippen LogP contribution in [0.2, 0.25) is 0 Å². The molecule has 0 bridgehead atoms. The fraction of sp³-hybridized carbons (Fsp3) is 0.929. The van der Waals surface area contributed by atoms with Gasteiger partial charge in [0.1, 0.15) is 0 Å². The van der Waals surface area contributed by atoms with Gasteiger partial charge in [-0.2, -0.15) is 0 Å². The van der Waals surface area contributed by atoms with E-state index in [1.54, 1.807) is 0 Å². The number of hydrogen-bond donors (Lipinski definition) is 2. The van der Waals surface area contributed by atoms with Crippen molar-refractivity contribution in [3.63, 3.8) is 0 Å². The van der Waals surface area contributed by atoms with Crippen molar-refractivity contribution >= 4 is 5.91 Å². The van der Waals surface area contributed by atoms with Crippen LogP contribution in [-0.4, -0.2) is 43.0 Å². The Morgan fingerprint density at radius 2 is 2.17 bits per heavy atom. The highest BCUT2D eigenvalue weighted by molar-refractivity contribution is 5.76. The molecule has 0 radical (unpaired) electrons. The summed E-state index contributed by atoms with van der Waals surface area (Å²) in [6, 6.07) is 0.268. The summed E-state index contributed by atoms with van der Waals surface area (Å²) in [6.45, 7) is 8.55. The van der Waals surface area contributed by atoms with E-state index >= 15 is 0 Å². The molecule has 1 aliphatic heterocycles. The van der Waals surface area contributed by atoms with Gasteiger partial charge in [-0.3, -0.25) is 4.79 Å². The van der Waals surface area contributed by atoms with Crippen LogP contribution in [0.5, 0.6) is 0 Å². The molecule has 0 aliphatic carbocycles. The third kappa shape index (κ3) is 6.36. The summed E-state index contributed by atoms with van der Waals surface area (Å²) in [5.41, 5.74) is 6.21. The molecule has 0 saturated carbocycles. The van der Waals surface area contributed by atoms with E-state index in [9.17, 15) is 4.79 Å². The molecule has 1 amide bonds. The normalized spacial score (nSPS) is 23.7. The topological polar surface area (TPSA) is 58.4 Å². The molecule has 0 spiro atoms. The molecule has 4 nitrogen and oxygen atoms in total. The van der Waals surface area contributed by atoms with E-state index in [1.807, 2.05) is 0 Å². The maximum Gasteiger partial charge on any atom is 0.221 e. The quantitative estimate of drug-likeness (QED) is 0.797. The van der Waals surface area contributed by atoms with E-state index in [4.69, 9.17) is 5.73 Å². The van der Waals surface area contributed by atoms with Gasteiger partial charge in [-0.25, -0.2) is 0 Å². The molecular weight excluding hydrogens is 226 g/mol. The fourth-order valence-corrected chi connectivity index (χ4v) is 2.67. The highest BCUT2D eigenvalue weighted by atomic mass is 16.1. The number of carbonyl (C=O) groups excluding carboxylic acids is 1. The Morgan fingerprint density at radius 3 is 2.72 bits per heavy atom. The van der Waals surface area contributed by atoms with Crippen LogP contribution in [0.1, 0.15) is 46.5 Å². The molecule has 1 saturated heterocycles. The first-order chi connectivity index (χ1) is 8.26. The van der Waals surface area contributed by atoms with Crippen molar-refractivity contribution in [1.82, 2.24) is 10.2 Å². The first-order valence-electron chi connectivity index (χ1n) is 7.00. The van der Waals surface area contributed by atoms with Crippen LogP contribution in [0.3, 0.4) is 0 Å². The molecule has 18 heavy (non-hydrogen) atoms. The predicted molar refractivity (Wildman–Crippen MR) is 75.3 cm³/mol. The molecule has 4 heteroatoms. The molecule has 2 atom stereocenters. The maximum atomic E-state index is 11.9. The SMILES string of the molecule is CN1CCCC(NC(=O)CC(N)CC(C)(C)C)C1. The molecule has 0 aromatic carbocycles. The van der Waals surface area contributed by atoms with Gasteiger partial charge in [0.2, 0.25) is 5.91 Å². The maximum absolute atomic E-state index is 11.9. The van der Waals surface area contributed by atoms with Crippen LogP contribution < -0.4 is 11.1 Å². The van der Waals surface area contributed by atoms with Crippen molar-refractivity contribution in [2.24, 2.45) is 11.1 Å². The molecule has 1 aliphatic rings. The smallest absolute Gasteiger partial charge is 0.221 e. The number of piperidine rings is 1. The Labute approximate surface area is 111 Å². The molecule has 1 rings (SSSR count). The van der Waals surface area contributed by atoms with Crippen LogP contribution in [0.4, 0.5) is 0 Å².